The predicted octanol–water partition coefficient (Wildman–Crippen LogP) is 3.10. The molecule has 1 fully saturated rings. The molecule has 0 spiro atoms. The van der Waals surface area contributed by atoms with Crippen LogP contribution in [0.4, 0.5) is 0 Å². The van der Waals surface area contributed by atoms with Gasteiger partial charge in [-0.1, -0.05) is 37.3 Å². The molecule has 1 saturated heterocycles. The minimum absolute atomic E-state index is 0.222. The lowest BCUT2D eigenvalue weighted by molar-refractivity contribution is 0.0795. The van der Waals surface area contributed by atoms with Gasteiger partial charge in [0, 0.05) is 18.7 Å². The Labute approximate surface area is 178 Å². The molecule has 0 saturated carbocycles. The summed E-state index contributed by atoms with van der Waals surface area (Å²) in [5.74, 6) is 1.60. The minimum Gasteiger partial charge on any atom is -0.493 e. The Balaban J connectivity index is 1.50. The number of hydrogen-bond donors (Lipinski definition) is 2. The van der Waals surface area contributed by atoms with E-state index in [1.807, 2.05) is 30.3 Å². The van der Waals surface area contributed by atoms with Crippen molar-refractivity contribution >= 4 is 5.91 Å². The largest absolute Gasteiger partial charge is 0.493 e. The van der Waals surface area contributed by atoms with Crippen LogP contribution in [0.1, 0.15) is 35.7 Å². The lowest BCUT2D eigenvalue weighted by Gasteiger charge is -2.31. The third-order valence-corrected chi connectivity index (χ3v) is 5.51. The van der Waals surface area contributed by atoms with E-state index in [0.29, 0.717) is 30.2 Å². The number of rotatable bonds is 9. The molecule has 0 radical (unpaired) electrons. The number of amides is 1. The van der Waals surface area contributed by atoms with E-state index in [2.05, 4.69) is 17.1 Å². The smallest absolute Gasteiger partial charge is 0.251 e. The van der Waals surface area contributed by atoms with Gasteiger partial charge in [0.1, 0.15) is 6.61 Å². The fraction of sp³-hybridized carbons (Fsp3) is 0.458. The van der Waals surface area contributed by atoms with Gasteiger partial charge in [0.05, 0.1) is 13.2 Å². The monoisotopic (exact) mass is 412 g/mol. The van der Waals surface area contributed by atoms with Crippen LogP contribution < -0.4 is 14.8 Å². The van der Waals surface area contributed by atoms with E-state index in [9.17, 15) is 9.90 Å². The molecule has 1 atom stereocenters. The van der Waals surface area contributed by atoms with Gasteiger partial charge in [-0.15, -0.1) is 0 Å². The highest BCUT2D eigenvalue weighted by Gasteiger charge is 2.19. The van der Waals surface area contributed by atoms with E-state index in [-0.39, 0.29) is 12.5 Å². The lowest BCUT2D eigenvalue weighted by Crippen LogP contribution is -2.43. The number of hydrogen-bond acceptors (Lipinski definition) is 5. The van der Waals surface area contributed by atoms with E-state index in [0.717, 1.165) is 37.4 Å². The number of aliphatic hydroxyl groups excluding tert-OH is 1. The standard InChI is InChI=1S/C24H32N2O4/c1-18-10-12-26(13-11-18)16-21(27)15-25-24(28)20-8-9-22(23(14-20)29-2)30-17-19-6-4-3-5-7-19/h3-9,14,18,21,27H,10-13,15-17H2,1-2H3,(H,25,28). The van der Waals surface area contributed by atoms with E-state index < -0.39 is 6.10 Å². The third kappa shape index (κ3) is 6.47. The van der Waals surface area contributed by atoms with Gasteiger partial charge in [-0.25, -0.2) is 0 Å². The first-order chi connectivity index (χ1) is 14.5. The first-order valence-electron chi connectivity index (χ1n) is 10.6. The highest BCUT2D eigenvalue weighted by Crippen LogP contribution is 2.29. The summed E-state index contributed by atoms with van der Waals surface area (Å²) in [4.78, 5) is 14.8. The van der Waals surface area contributed by atoms with Crippen molar-refractivity contribution in [3.63, 3.8) is 0 Å². The summed E-state index contributed by atoms with van der Waals surface area (Å²) >= 11 is 0. The average Bonchev–Trinajstić information content (AvgIpc) is 2.78. The van der Waals surface area contributed by atoms with E-state index in [4.69, 9.17) is 9.47 Å². The van der Waals surface area contributed by atoms with Crippen LogP contribution >= 0.6 is 0 Å². The van der Waals surface area contributed by atoms with Gasteiger partial charge in [-0.3, -0.25) is 4.79 Å². The number of methoxy groups -OCH3 is 1. The summed E-state index contributed by atoms with van der Waals surface area (Å²) in [6, 6.07) is 15.0. The van der Waals surface area contributed by atoms with Crippen LogP contribution in [0.2, 0.25) is 0 Å². The van der Waals surface area contributed by atoms with Crippen molar-refractivity contribution in [1.82, 2.24) is 10.2 Å². The van der Waals surface area contributed by atoms with Crippen LogP contribution in [0.3, 0.4) is 0 Å². The van der Waals surface area contributed by atoms with Gasteiger partial charge in [0.15, 0.2) is 11.5 Å². The molecule has 6 heteroatoms. The summed E-state index contributed by atoms with van der Waals surface area (Å²) < 4.78 is 11.2. The number of ether oxygens (including phenoxy) is 2. The zero-order valence-electron chi connectivity index (χ0n) is 17.8. The molecule has 2 aromatic rings. The molecule has 2 aromatic carbocycles. The number of aliphatic hydroxyl groups is 1. The van der Waals surface area contributed by atoms with E-state index in [1.54, 1.807) is 25.3 Å². The highest BCUT2D eigenvalue weighted by molar-refractivity contribution is 5.94. The SMILES string of the molecule is COc1cc(C(=O)NCC(O)CN2CCC(C)CC2)ccc1OCc1ccccc1. The number of nitrogens with zero attached hydrogens (tertiary/aromatic N) is 1. The van der Waals surface area contributed by atoms with E-state index in [1.165, 1.54) is 0 Å². The molecular weight excluding hydrogens is 380 g/mol. The highest BCUT2D eigenvalue weighted by atomic mass is 16.5. The number of carbonyl (C=O) groups is 1. The molecule has 1 amide bonds. The number of carbonyl (C=O) groups excluding carboxylic acids is 1. The molecule has 1 heterocycles. The fourth-order valence-corrected chi connectivity index (χ4v) is 3.58. The van der Waals surface area contributed by atoms with Gasteiger partial charge < -0.3 is 24.8 Å². The summed E-state index contributed by atoms with van der Waals surface area (Å²) in [7, 11) is 1.55. The molecular formula is C24H32N2O4. The predicted molar refractivity (Wildman–Crippen MR) is 117 cm³/mol. The summed E-state index contributed by atoms with van der Waals surface area (Å²) in [5, 5.41) is 13.1. The second-order valence-electron chi connectivity index (χ2n) is 7.99. The van der Waals surface area contributed by atoms with Gasteiger partial charge >= 0.3 is 0 Å². The van der Waals surface area contributed by atoms with Crippen LogP contribution in [-0.4, -0.2) is 55.3 Å². The summed E-state index contributed by atoms with van der Waals surface area (Å²) in [6.45, 7) is 5.51. The molecule has 1 aliphatic rings. The quantitative estimate of drug-likeness (QED) is 0.662. The number of likely N-dealkylation sites (tertiary alicyclic amines) is 1. The van der Waals surface area contributed by atoms with E-state index >= 15 is 0 Å². The number of piperidine rings is 1. The maximum absolute atomic E-state index is 12.5. The fourth-order valence-electron chi connectivity index (χ4n) is 3.58. The Kier molecular flexibility index (Phi) is 8.11. The van der Waals surface area contributed by atoms with Crippen molar-refractivity contribution in [1.29, 1.82) is 0 Å². The molecule has 0 aromatic heterocycles. The van der Waals surface area contributed by atoms with Crippen molar-refractivity contribution in [2.45, 2.75) is 32.5 Å². The maximum atomic E-state index is 12.5. The topological polar surface area (TPSA) is 71.0 Å². The Morgan fingerprint density at radius 2 is 1.90 bits per heavy atom. The van der Waals surface area contributed by atoms with Gasteiger partial charge in [0.25, 0.3) is 5.91 Å². The first-order valence-corrected chi connectivity index (χ1v) is 10.6. The van der Waals surface area contributed by atoms with Crippen LogP contribution in [0.15, 0.2) is 48.5 Å². The van der Waals surface area contributed by atoms with Gasteiger partial charge in [0.2, 0.25) is 0 Å². The summed E-state index contributed by atoms with van der Waals surface area (Å²) in [6.07, 6.45) is 1.74. The maximum Gasteiger partial charge on any atom is 0.251 e. The zero-order valence-corrected chi connectivity index (χ0v) is 17.8. The van der Waals surface area contributed by atoms with Crippen LogP contribution in [-0.2, 0) is 6.61 Å². The Morgan fingerprint density at radius 1 is 1.17 bits per heavy atom. The number of benzene rings is 2. The molecule has 162 valence electrons. The van der Waals surface area contributed by atoms with Crippen LogP contribution in [0.25, 0.3) is 0 Å². The third-order valence-electron chi connectivity index (χ3n) is 5.51. The molecule has 1 unspecified atom stereocenters. The minimum atomic E-state index is -0.585. The normalized spacial score (nSPS) is 16.1. The molecule has 6 nitrogen and oxygen atoms in total. The first kappa shape index (κ1) is 22.1. The molecule has 1 aliphatic heterocycles. The molecule has 0 bridgehead atoms. The molecule has 30 heavy (non-hydrogen) atoms. The van der Waals surface area contributed by atoms with Crippen molar-refractivity contribution in [2.24, 2.45) is 5.92 Å². The Hall–Kier alpha value is -2.57. The van der Waals surface area contributed by atoms with Crippen LogP contribution in [0, 0.1) is 5.92 Å². The lowest BCUT2D eigenvalue weighted by atomic mass is 9.99. The molecule has 2 N–H and O–H groups in total. The van der Waals surface area contributed by atoms with Crippen molar-refractivity contribution in [2.75, 3.05) is 33.3 Å². The zero-order chi connectivity index (χ0) is 21.3. The second kappa shape index (κ2) is 11.0. The Morgan fingerprint density at radius 3 is 2.60 bits per heavy atom. The molecule has 3 rings (SSSR count). The van der Waals surface area contributed by atoms with Crippen molar-refractivity contribution in [3.8, 4) is 11.5 Å². The van der Waals surface area contributed by atoms with Crippen LogP contribution in [0.5, 0.6) is 11.5 Å². The van der Waals surface area contributed by atoms with Crippen molar-refractivity contribution < 1.29 is 19.4 Å². The summed E-state index contributed by atoms with van der Waals surface area (Å²) in [5.41, 5.74) is 1.52. The average molecular weight is 413 g/mol. The number of β-amino-alcohol motifs (C(OH)–C–C–N with tert-alkyl or cyclic N) is 1. The number of nitrogens with one attached hydrogen (secondary N) is 1. The van der Waals surface area contributed by atoms with Gasteiger partial charge in [-0.2, -0.15) is 0 Å². The van der Waals surface area contributed by atoms with Crippen molar-refractivity contribution in [3.05, 3.63) is 59.7 Å². The Bertz CT molecular complexity index is 804. The molecule has 0 aliphatic carbocycles. The van der Waals surface area contributed by atoms with Gasteiger partial charge in [-0.05, 0) is 55.6 Å². The second-order valence-corrected chi connectivity index (χ2v) is 7.99.